The summed E-state index contributed by atoms with van der Waals surface area (Å²) in [4.78, 5) is 15.9. The zero-order valence-electron chi connectivity index (χ0n) is 23.2. The van der Waals surface area contributed by atoms with Crippen molar-refractivity contribution >= 4 is 45.1 Å². The zero-order valence-corrected chi connectivity index (χ0v) is 24.8. The van der Waals surface area contributed by atoms with E-state index in [1.165, 1.54) is 12.8 Å². The summed E-state index contributed by atoms with van der Waals surface area (Å²) in [6.45, 7) is 7.58. The van der Waals surface area contributed by atoms with Crippen LogP contribution in [-0.2, 0) is 25.4 Å². The molecular weight excluding hydrogens is 545 g/mol. The lowest BCUT2D eigenvalue weighted by Crippen LogP contribution is -2.28. The minimum Gasteiger partial charge on any atom is -0.357 e. The van der Waals surface area contributed by atoms with Crippen molar-refractivity contribution in [2.75, 3.05) is 19.7 Å². The molecule has 1 fully saturated rings. The number of aryl methyl sites for hydroxylation is 3. The highest BCUT2D eigenvalue weighted by atomic mass is 35.5. The summed E-state index contributed by atoms with van der Waals surface area (Å²) >= 11 is 12.7. The molecule has 9 heteroatoms. The molecule has 0 N–H and O–H groups in total. The van der Waals surface area contributed by atoms with E-state index in [1.54, 1.807) is 22.8 Å². The van der Waals surface area contributed by atoms with Crippen molar-refractivity contribution in [1.29, 1.82) is 0 Å². The van der Waals surface area contributed by atoms with Crippen molar-refractivity contribution in [3.05, 3.63) is 74.6 Å². The fourth-order valence-electron chi connectivity index (χ4n) is 6.09. The fourth-order valence-corrected chi connectivity index (χ4v) is 6.60. The second-order valence-electron chi connectivity index (χ2n) is 10.4. The Morgan fingerprint density at radius 1 is 0.925 bits per heavy atom. The van der Waals surface area contributed by atoms with E-state index in [2.05, 4.69) is 45.3 Å². The second kappa shape index (κ2) is 10.7. The van der Waals surface area contributed by atoms with E-state index in [0.717, 1.165) is 58.5 Å². The van der Waals surface area contributed by atoms with Crippen LogP contribution in [0.2, 0.25) is 10.0 Å². The molecular formula is C31H33Cl2N5O2. The minimum absolute atomic E-state index is 0.111. The lowest BCUT2D eigenvalue weighted by Gasteiger charge is -2.25. The Balaban J connectivity index is 1.53. The van der Waals surface area contributed by atoms with Gasteiger partial charge in [0, 0.05) is 72.8 Å². The first-order valence-electron chi connectivity index (χ1n) is 13.8. The van der Waals surface area contributed by atoms with Crippen molar-refractivity contribution in [3.8, 4) is 22.4 Å². The first-order valence-corrected chi connectivity index (χ1v) is 14.6. The average molecular weight is 579 g/mol. The summed E-state index contributed by atoms with van der Waals surface area (Å²) in [5, 5.41) is 8.01. The molecule has 0 spiro atoms. The SMILES string of the molecule is CCOC(c1cc(-c2ccc3c(c2)c2cc(-c4ccc(Cl)cc4Cl)c(=O)n(C)c2n3C)n(CC)n1)N1CCCC1. The molecule has 4 heterocycles. The standard InChI is InChI=1S/C31H33Cl2N5O2/c1-5-38-28(18-26(34-38)31(40-6-2)37-13-7-8-14-37)19-9-12-27-22(15-19)23-17-24(21-11-10-20(32)16-25(21)33)30(39)36(4)29(23)35(27)3/h9-12,15-18,31H,5-8,13-14H2,1-4H3. The molecule has 0 radical (unpaired) electrons. The van der Waals surface area contributed by atoms with Gasteiger partial charge in [-0.1, -0.05) is 35.3 Å². The van der Waals surface area contributed by atoms with E-state index in [0.29, 0.717) is 27.8 Å². The molecule has 1 aliphatic rings. The number of nitrogens with zero attached hydrogens (tertiary/aromatic N) is 5. The summed E-state index contributed by atoms with van der Waals surface area (Å²) < 4.78 is 12.0. The fraction of sp³-hybridized carbons (Fsp3) is 0.355. The molecule has 1 aliphatic heterocycles. The van der Waals surface area contributed by atoms with E-state index in [9.17, 15) is 4.79 Å². The van der Waals surface area contributed by atoms with Gasteiger partial charge in [0.15, 0.2) is 6.23 Å². The number of hydrogen-bond donors (Lipinski definition) is 0. The van der Waals surface area contributed by atoms with Crippen LogP contribution in [0.3, 0.4) is 0 Å². The maximum atomic E-state index is 13.5. The molecule has 1 atom stereocenters. The van der Waals surface area contributed by atoms with Gasteiger partial charge in [-0.3, -0.25) is 18.9 Å². The Labute approximate surface area is 243 Å². The molecule has 1 unspecified atom stereocenters. The molecule has 6 rings (SSSR count). The summed E-state index contributed by atoms with van der Waals surface area (Å²) in [7, 11) is 3.80. The van der Waals surface area contributed by atoms with E-state index in [1.807, 2.05) is 27.1 Å². The highest BCUT2D eigenvalue weighted by Gasteiger charge is 2.27. The Bertz CT molecular complexity index is 1800. The van der Waals surface area contributed by atoms with Crippen LogP contribution < -0.4 is 5.56 Å². The van der Waals surface area contributed by atoms with Crippen LogP contribution in [0, 0.1) is 0 Å². The van der Waals surface area contributed by atoms with Gasteiger partial charge in [-0.2, -0.15) is 5.10 Å². The van der Waals surface area contributed by atoms with Crippen LogP contribution in [0.15, 0.2) is 53.3 Å². The first kappa shape index (κ1) is 27.1. The number of aromatic nitrogens is 4. The molecule has 0 saturated carbocycles. The van der Waals surface area contributed by atoms with Crippen LogP contribution in [0.5, 0.6) is 0 Å². The maximum Gasteiger partial charge on any atom is 0.259 e. The third-order valence-electron chi connectivity index (χ3n) is 8.01. The number of fused-ring (bicyclic) bond motifs is 3. The van der Waals surface area contributed by atoms with Crippen molar-refractivity contribution in [2.45, 2.75) is 39.5 Å². The van der Waals surface area contributed by atoms with Gasteiger partial charge in [0.25, 0.3) is 5.56 Å². The minimum atomic E-state index is -0.137. The molecule has 0 aliphatic carbocycles. The smallest absolute Gasteiger partial charge is 0.259 e. The lowest BCUT2D eigenvalue weighted by molar-refractivity contribution is -0.0493. The highest BCUT2D eigenvalue weighted by molar-refractivity contribution is 6.36. The van der Waals surface area contributed by atoms with Gasteiger partial charge in [-0.25, -0.2) is 0 Å². The molecule has 0 amide bonds. The van der Waals surface area contributed by atoms with Crippen LogP contribution in [-0.4, -0.2) is 43.5 Å². The predicted molar refractivity (Wildman–Crippen MR) is 163 cm³/mol. The van der Waals surface area contributed by atoms with Gasteiger partial charge in [-0.05, 0) is 63.1 Å². The monoisotopic (exact) mass is 577 g/mol. The molecule has 5 aromatic rings. The van der Waals surface area contributed by atoms with E-state index in [4.69, 9.17) is 33.0 Å². The van der Waals surface area contributed by atoms with Crippen molar-refractivity contribution in [1.82, 2.24) is 23.8 Å². The van der Waals surface area contributed by atoms with Gasteiger partial charge >= 0.3 is 0 Å². The normalized spacial score (nSPS) is 15.1. The number of benzene rings is 2. The van der Waals surface area contributed by atoms with Crippen molar-refractivity contribution < 1.29 is 4.74 Å². The summed E-state index contributed by atoms with van der Waals surface area (Å²) in [6, 6.07) is 15.8. The zero-order chi connectivity index (χ0) is 28.1. The van der Waals surface area contributed by atoms with Crippen LogP contribution in [0.1, 0.15) is 38.6 Å². The maximum absolute atomic E-state index is 13.5. The van der Waals surface area contributed by atoms with Crippen LogP contribution in [0.25, 0.3) is 44.3 Å². The van der Waals surface area contributed by atoms with Gasteiger partial charge in [-0.15, -0.1) is 0 Å². The lowest BCUT2D eigenvalue weighted by atomic mass is 10.0. The Morgan fingerprint density at radius 2 is 1.70 bits per heavy atom. The quantitative estimate of drug-likeness (QED) is 0.208. The number of pyridine rings is 1. The summed E-state index contributed by atoms with van der Waals surface area (Å²) in [5.74, 6) is 0. The molecule has 2 aromatic carbocycles. The number of hydrogen-bond acceptors (Lipinski definition) is 4. The van der Waals surface area contributed by atoms with E-state index >= 15 is 0 Å². The first-order chi connectivity index (χ1) is 19.3. The molecule has 7 nitrogen and oxygen atoms in total. The molecule has 0 bridgehead atoms. The predicted octanol–water partition coefficient (Wildman–Crippen LogP) is 7.02. The number of likely N-dealkylation sites (tertiary alicyclic amines) is 1. The number of halogens is 2. The van der Waals surface area contributed by atoms with Crippen LogP contribution in [0.4, 0.5) is 0 Å². The van der Waals surface area contributed by atoms with E-state index in [-0.39, 0.29) is 11.8 Å². The average Bonchev–Trinajstić information content (AvgIpc) is 3.68. The van der Waals surface area contributed by atoms with Gasteiger partial charge in [0.05, 0.1) is 16.2 Å². The summed E-state index contributed by atoms with van der Waals surface area (Å²) in [5.41, 5.74) is 6.05. The summed E-state index contributed by atoms with van der Waals surface area (Å²) in [6.07, 6.45) is 2.24. The topological polar surface area (TPSA) is 57.2 Å². The Morgan fingerprint density at radius 3 is 2.40 bits per heavy atom. The Kier molecular flexibility index (Phi) is 7.25. The second-order valence-corrected chi connectivity index (χ2v) is 11.2. The highest BCUT2D eigenvalue weighted by Crippen LogP contribution is 2.36. The third kappa shape index (κ3) is 4.45. The van der Waals surface area contributed by atoms with Gasteiger partial charge < -0.3 is 9.30 Å². The largest absolute Gasteiger partial charge is 0.357 e. The van der Waals surface area contributed by atoms with Crippen molar-refractivity contribution in [2.24, 2.45) is 14.1 Å². The molecule has 208 valence electrons. The van der Waals surface area contributed by atoms with Crippen LogP contribution >= 0.6 is 23.2 Å². The Hall–Kier alpha value is -3.10. The molecule has 40 heavy (non-hydrogen) atoms. The third-order valence-corrected chi connectivity index (χ3v) is 8.56. The van der Waals surface area contributed by atoms with Gasteiger partial charge in [0.2, 0.25) is 0 Å². The van der Waals surface area contributed by atoms with Crippen molar-refractivity contribution in [3.63, 3.8) is 0 Å². The molecule has 3 aromatic heterocycles. The van der Waals surface area contributed by atoms with E-state index < -0.39 is 0 Å². The number of ether oxygens (including phenoxy) is 1. The number of rotatable bonds is 7. The van der Waals surface area contributed by atoms with Gasteiger partial charge in [0.1, 0.15) is 11.3 Å². The molecule has 1 saturated heterocycles.